The molecular formula is C12H15F2NO. The molecule has 1 atom stereocenters. The molecule has 1 aliphatic heterocycles. The van der Waals surface area contributed by atoms with Crippen LogP contribution in [0.5, 0.6) is 0 Å². The van der Waals surface area contributed by atoms with E-state index in [0.29, 0.717) is 13.2 Å². The molecule has 0 amide bonds. The maximum absolute atomic E-state index is 13.2. The Morgan fingerprint density at radius 1 is 1.44 bits per heavy atom. The number of nitrogens with one attached hydrogen (secondary N) is 1. The van der Waals surface area contributed by atoms with Crippen LogP contribution in [0.1, 0.15) is 24.1 Å². The van der Waals surface area contributed by atoms with Gasteiger partial charge in [0.25, 0.3) is 5.92 Å². The van der Waals surface area contributed by atoms with Gasteiger partial charge in [0.05, 0.1) is 19.3 Å². The Balaban J connectivity index is 2.21. The van der Waals surface area contributed by atoms with Crippen LogP contribution in [0.4, 0.5) is 8.78 Å². The topological polar surface area (TPSA) is 21.3 Å². The SMILES string of the molecule is CC(F)(F)c1cccc(C2COCCN2)c1. The van der Waals surface area contributed by atoms with E-state index in [2.05, 4.69) is 5.32 Å². The van der Waals surface area contributed by atoms with Crippen molar-refractivity contribution in [2.24, 2.45) is 0 Å². The monoisotopic (exact) mass is 227 g/mol. The summed E-state index contributed by atoms with van der Waals surface area (Å²) in [6.07, 6.45) is 0. The van der Waals surface area contributed by atoms with Gasteiger partial charge in [-0.15, -0.1) is 0 Å². The zero-order chi connectivity index (χ0) is 11.6. The predicted octanol–water partition coefficient (Wildman–Crippen LogP) is 2.46. The summed E-state index contributed by atoms with van der Waals surface area (Å²) in [7, 11) is 0. The number of hydrogen-bond acceptors (Lipinski definition) is 2. The van der Waals surface area contributed by atoms with Crippen molar-refractivity contribution in [3.8, 4) is 0 Å². The van der Waals surface area contributed by atoms with E-state index >= 15 is 0 Å². The Hall–Kier alpha value is -1.00. The van der Waals surface area contributed by atoms with Crippen LogP contribution in [0.15, 0.2) is 24.3 Å². The van der Waals surface area contributed by atoms with E-state index in [1.165, 1.54) is 6.07 Å². The van der Waals surface area contributed by atoms with E-state index in [4.69, 9.17) is 4.74 Å². The second-order valence-corrected chi connectivity index (χ2v) is 4.10. The molecule has 88 valence electrons. The fourth-order valence-corrected chi connectivity index (χ4v) is 1.81. The van der Waals surface area contributed by atoms with Crippen molar-refractivity contribution in [1.29, 1.82) is 0 Å². The Kier molecular flexibility index (Phi) is 3.21. The number of benzene rings is 1. The number of rotatable bonds is 2. The fraction of sp³-hybridized carbons (Fsp3) is 0.500. The van der Waals surface area contributed by atoms with Crippen molar-refractivity contribution >= 4 is 0 Å². The number of morpholine rings is 1. The standard InChI is InChI=1S/C12H15F2NO/c1-12(13,14)10-4-2-3-9(7-10)11-8-16-6-5-15-11/h2-4,7,11,15H,5-6,8H2,1H3. The molecule has 1 aliphatic rings. The third kappa shape index (κ3) is 2.57. The van der Waals surface area contributed by atoms with Gasteiger partial charge in [-0.25, -0.2) is 8.78 Å². The largest absolute Gasteiger partial charge is 0.378 e. The molecule has 1 fully saturated rings. The number of halogens is 2. The third-order valence-electron chi connectivity index (χ3n) is 2.72. The highest BCUT2D eigenvalue weighted by molar-refractivity contribution is 5.29. The van der Waals surface area contributed by atoms with Gasteiger partial charge in [0.1, 0.15) is 0 Å². The minimum atomic E-state index is -2.79. The van der Waals surface area contributed by atoms with E-state index in [1.807, 2.05) is 6.07 Å². The lowest BCUT2D eigenvalue weighted by atomic mass is 10.0. The molecule has 1 saturated heterocycles. The number of ether oxygens (including phenoxy) is 1. The molecule has 1 heterocycles. The summed E-state index contributed by atoms with van der Waals surface area (Å²) in [5, 5.41) is 3.24. The van der Waals surface area contributed by atoms with Gasteiger partial charge < -0.3 is 10.1 Å². The van der Waals surface area contributed by atoms with Crippen LogP contribution < -0.4 is 5.32 Å². The molecule has 2 nitrogen and oxygen atoms in total. The fourth-order valence-electron chi connectivity index (χ4n) is 1.81. The molecule has 0 saturated carbocycles. The first-order valence-electron chi connectivity index (χ1n) is 5.37. The van der Waals surface area contributed by atoms with Gasteiger partial charge in [-0.1, -0.05) is 18.2 Å². The predicted molar refractivity (Wildman–Crippen MR) is 57.6 cm³/mol. The second-order valence-electron chi connectivity index (χ2n) is 4.10. The van der Waals surface area contributed by atoms with Crippen LogP contribution in [0.25, 0.3) is 0 Å². The smallest absolute Gasteiger partial charge is 0.270 e. The Labute approximate surface area is 93.6 Å². The summed E-state index contributed by atoms with van der Waals surface area (Å²) in [5.74, 6) is -2.79. The highest BCUT2D eigenvalue weighted by atomic mass is 19.3. The lowest BCUT2D eigenvalue weighted by molar-refractivity contribution is 0.0171. The van der Waals surface area contributed by atoms with E-state index in [0.717, 1.165) is 19.0 Å². The lowest BCUT2D eigenvalue weighted by Crippen LogP contribution is -2.34. The summed E-state index contributed by atoms with van der Waals surface area (Å²) in [6.45, 7) is 2.90. The van der Waals surface area contributed by atoms with Gasteiger partial charge in [-0.3, -0.25) is 0 Å². The van der Waals surface area contributed by atoms with Crippen molar-refractivity contribution in [2.45, 2.75) is 18.9 Å². The molecule has 1 aromatic carbocycles. The zero-order valence-electron chi connectivity index (χ0n) is 9.17. The average molecular weight is 227 g/mol. The molecule has 0 bridgehead atoms. The van der Waals surface area contributed by atoms with Gasteiger partial charge >= 0.3 is 0 Å². The molecule has 1 unspecified atom stereocenters. The first-order valence-corrected chi connectivity index (χ1v) is 5.37. The molecule has 1 aromatic rings. The minimum absolute atomic E-state index is 0.0241. The lowest BCUT2D eigenvalue weighted by Gasteiger charge is -2.25. The normalized spacial score (nSPS) is 22.1. The van der Waals surface area contributed by atoms with Crippen LogP contribution >= 0.6 is 0 Å². The van der Waals surface area contributed by atoms with Crippen molar-refractivity contribution in [1.82, 2.24) is 5.32 Å². The van der Waals surface area contributed by atoms with Gasteiger partial charge in [-0.05, 0) is 11.6 Å². The van der Waals surface area contributed by atoms with Crippen LogP contribution in [-0.2, 0) is 10.7 Å². The zero-order valence-corrected chi connectivity index (χ0v) is 9.17. The van der Waals surface area contributed by atoms with Gasteiger partial charge in [0, 0.05) is 19.0 Å². The van der Waals surface area contributed by atoms with E-state index < -0.39 is 5.92 Å². The quantitative estimate of drug-likeness (QED) is 0.838. The molecule has 16 heavy (non-hydrogen) atoms. The van der Waals surface area contributed by atoms with E-state index in [9.17, 15) is 8.78 Å². The van der Waals surface area contributed by atoms with Gasteiger partial charge in [0.2, 0.25) is 0 Å². The highest BCUT2D eigenvalue weighted by Crippen LogP contribution is 2.29. The summed E-state index contributed by atoms with van der Waals surface area (Å²) in [5.41, 5.74) is 0.913. The first kappa shape index (κ1) is 11.5. The first-order chi connectivity index (χ1) is 7.57. The maximum atomic E-state index is 13.2. The Morgan fingerprint density at radius 3 is 2.88 bits per heavy atom. The summed E-state index contributed by atoms with van der Waals surface area (Å²) >= 11 is 0. The van der Waals surface area contributed by atoms with E-state index in [1.54, 1.807) is 12.1 Å². The van der Waals surface area contributed by atoms with Crippen molar-refractivity contribution in [3.63, 3.8) is 0 Å². The second kappa shape index (κ2) is 4.47. The Bertz CT molecular complexity index is 356. The van der Waals surface area contributed by atoms with Crippen molar-refractivity contribution in [2.75, 3.05) is 19.8 Å². The maximum Gasteiger partial charge on any atom is 0.270 e. The Morgan fingerprint density at radius 2 is 2.25 bits per heavy atom. The third-order valence-corrected chi connectivity index (χ3v) is 2.72. The van der Waals surface area contributed by atoms with Gasteiger partial charge in [-0.2, -0.15) is 0 Å². The molecule has 1 N–H and O–H groups in total. The summed E-state index contributed by atoms with van der Waals surface area (Å²) in [4.78, 5) is 0. The molecule has 0 spiro atoms. The molecule has 2 rings (SSSR count). The average Bonchev–Trinajstić information content (AvgIpc) is 2.29. The van der Waals surface area contributed by atoms with Crippen LogP contribution in [-0.4, -0.2) is 19.8 Å². The van der Waals surface area contributed by atoms with Crippen molar-refractivity contribution in [3.05, 3.63) is 35.4 Å². The van der Waals surface area contributed by atoms with Crippen LogP contribution in [0.2, 0.25) is 0 Å². The molecule has 0 radical (unpaired) electrons. The minimum Gasteiger partial charge on any atom is -0.378 e. The van der Waals surface area contributed by atoms with Crippen molar-refractivity contribution < 1.29 is 13.5 Å². The highest BCUT2D eigenvalue weighted by Gasteiger charge is 2.25. The van der Waals surface area contributed by atoms with E-state index in [-0.39, 0.29) is 11.6 Å². The molecule has 4 heteroatoms. The van der Waals surface area contributed by atoms with Crippen LogP contribution in [0.3, 0.4) is 0 Å². The van der Waals surface area contributed by atoms with Crippen LogP contribution in [0, 0.1) is 0 Å². The summed E-state index contributed by atoms with van der Waals surface area (Å²) in [6, 6.07) is 6.54. The van der Waals surface area contributed by atoms with Gasteiger partial charge in [0.15, 0.2) is 0 Å². The number of hydrogen-bond donors (Lipinski definition) is 1. The number of alkyl halides is 2. The molecule has 0 aliphatic carbocycles. The summed E-state index contributed by atoms with van der Waals surface area (Å²) < 4.78 is 31.6. The molecular weight excluding hydrogens is 212 g/mol. The molecule has 0 aromatic heterocycles.